The van der Waals surface area contributed by atoms with Crippen LogP contribution in [-0.4, -0.2) is 78.0 Å². The number of nitrogens with zero attached hydrogens (tertiary/aromatic N) is 3. The first-order valence-corrected chi connectivity index (χ1v) is 11.9. The molecule has 2 aromatic carbocycles. The number of amides is 1. The quantitative estimate of drug-likeness (QED) is 0.186. The molecule has 2 aliphatic rings. The van der Waals surface area contributed by atoms with Crippen LogP contribution >= 0.6 is 11.6 Å². The molecule has 0 unspecified atom stereocenters. The number of Topliss-reactive ketones (excluding diaryl/α,β-unsaturated/α-hetero) is 1. The van der Waals surface area contributed by atoms with Gasteiger partial charge in [0.1, 0.15) is 11.5 Å². The molecule has 1 N–H and O–H groups in total. The van der Waals surface area contributed by atoms with Gasteiger partial charge in [0.15, 0.2) is 0 Å². The Kier molecular flexibility index (Phi) is 7.88. The lowest BCUT2D eigenvalue weighted by molar-refractivity contribution is -0.384. The van der Waals surface area contributed by atoms with Crippen molar-refractivity contribution in [3.05, 3.63) is 74.3 Å². The van der Waals surface area contributed by atoms with Crippen LogP contribution in [0.2, 0.25) is 5.02 Å². The van der Waals surface area contributed by atoms with Gasteiger partial charge in [0.2, 0.25) is 0 Å². The first-order chi connectivity index (χ1) is 17.3. The number of carbonyl (C=O) groups is 2. The van der Waals surface area contributed by atoms with Crippen LogP contribution in [0.4, 0.5) is 5.69 Å². The van der Waals surface area contributed by atoms with Gasteiger partial charge in [0.05, 0.1) is 41.9 Å². The highest BCUT2D eigenvalue weighted by Crippen LogP contribution is 2.41. The van der Waals surface area contributed by atoms with Gasteiger partial charge in [-0.2, -0.15) is 0 Å². The van der Waals surface area contributed by atoms with Gasteiger partial charge in [-0.1, -0.05) is 23.7 Å². The fraction of sp³-hybridized carbons (Fsp3) is 0.360. The van der Waals surface area contributed by atoms with Gasteiger partial charge in [0, 0.05) is 43.9 Å². The molecule has 0 aliphatic carbocycles. The maximum absolute atomic E-state index is 13.2. The fourth-order valence-electron chi connectivity index (χ4n) is 4.52. The molecule has 190 valence electrons. The molecule has 10 nitrogen and oxygen atoms in total. The van der Waals surface area contributed by atoms with Gasteiger partial charge < -0.3 is 19.5 Å². The van der Waals surface area contributed by atoms with Crippen molar-refractivity contribution in [2.24, 2.45) is 0 Å². The Morgan fingerprint density at radius 2 is 1.94 bits per heavy atom. The summed E-state index contributed by atoms with van der Waals surface area (Å²) in [5.41, 5.74) is 0.255. The monoisotopic (exact) mass is 515 g/mol. The number of rotatable bonds is 8. The third-order valence-corrected chi connectivity index (χ3v) is 6.63. The molecule has 1 atom stereocenters. The molecule has 2 fully saturated rings. The number of hydrogen-bond acceptors (Lipinski definition) is 8. The summed E-state index contributed by atoms with van der Waals surface area (Å²) in [5.74, 6) is -1.66. The Balaban J connectivity index is 1.73. The van der Waals surface area contributed by atoms with Crippen molar-refractivity contribution in [1.82, 2.24) is 9.80 Å². The average Bonchev–Trinajstić information content (AvgIpc) is 3.14. The highest BCUT2D eigenvalue weighted by molar-refractivity contribution is 6.46. The first-order valence-electron chi connectivity index (χ1n) is 11.5. The topological polar surface area (TPSA) is 122 Å². The third-order valence-electron chi connectivity index (χ3n) is 6.34. The van der Waals surface area contributed by atoms with Gasteiger partial charge >= 0.3 is 0 Å². The standard InChI is InChI=1S/C25H26ClN3O7/c1-35-20-7-6-17(15-19(20)26)23(30)21-22(16-4-2-5-18(14-16)29(33)34)28(25(32)24(21)31)9-3-8-27-10-12-36-13-11-27/h2,4-7,14-15,22,30H,3,8-13H2,1H3/b23-21+/t22-/m0/s1. The summed E-state index contributed by atoms with van der Waals surface area (Å²) in [4.78, 5) is 40.8. The number of halogens is 1. The summed E-state index contributed by atoms with van der Waals surface area (Å²) < 4.78 is 10.5. The molecule has 11 heteroatoms. The number of ether oxygens (including phenoxy) is 2. The summed E-state index contributed by atoms with van der Waals surface area (Å²) in [6, 6.07) is 9.26. The lowest BCUT2D eigenvalue weighted by Gasteiger charge is -2.29. The number of methoxy groups -OCH3 is 1. The van der Waals surface area contributed by atoms with E-state index in [1.165, 1.54) is 48.4 Å². The smallest absolute Gasteiger partial charge is 0.295 e. The van der Waals surface area contributed by atoms with Crippen LogP contribution in [0.3, 0.4) is 0 Å². The molecule has 36 heavy (non-hydrogen) atoms. The molecule has 2 aliphatic heterocycles. The second kappa shape index (κ2) is 11.1. The van der Waals surface area contributed by atoms with Crippen molar-refractivity contribution >= 4 is 34.7 Å². The van der Waals surface area contributed by atoms with Crippen LogP contribution < -0.4 is 4.74 Å². The molecule has 4 rings (SSSR count). The minimum atomic E-state index is -0.990. The Hall–Kier alpha value is -3.47. The highest BCUT2D eigenvalue weighted by Gasteiger charge is 2.46. The van der Waals surface area contributed by atoms with E-state index in [9.17, 15) is 24.8 Å². The molecule has 2 saturated heterocycles. The van der Waals surface area contributed by atoms with Crippen LogP contribution in [0.15, 0.2) is 48.0 Å². The van der Waals surface area contributed by atoms with E-state index in [0.717, 1.165) is 13.1 Å². The number of likely N-dealkylation sites (tertiary alicyclic amines) is 1. The number of aliphatic hydroxyl groups is 1. The Morgan fingerprint density at radius 3 is 2.61 bits per heavy atom. The summed E-state index contributed by atoms with van der Waals surface area (Å²) >= 11 is 6.22. The zero-order chi connectivity index (χ0) is 25.8. The summed E-state index contributed by atoms with van der Waals surface area (Å²) in [6.07, 6.45) is 0.576. The molecular weight excluding hydrogens is 490 g/mol. The van der Waals surface area contributed by atoms with E-state index in [1.807, 2.05) is 0 Å². The van der Waals surface area contributed by atoms with Crippen molar-refractivity contribution in [2.75, 3.05) is 46.5 Å². The summed E-state index contributed by atoms with van der Waals surface area (Å²) in [5, 5.41) is 22.8. The summed E-state index contributed by atoms with van der Waals surface area (Å²) in [6.45, 7) is 3.78. The van der Waals surface area contributed by atoms with E-state index in [-0.39, 0.29) is 28.4 Å². The van der Waals surface area contributed by atoms with E-state index in [4.69, 9.17) is 21.1 Å². The second-order valence-corrected chi connectivity index (χ2v) is 8.91. The van der Waals surface area contributed by atoms with Crippen molar-refractivity contribution < 1.29 is 29.1 Å². The maximum atomic E-state index is 13.2. The first kappa shape index (κ1) is 25.6. The van der Waals surface area contributed by atoms with Gasteiger partial charge in [-0.25, -0.2) is 0 Å². The van der Waals surface area contributed by atoms with E-state index >= 15 is 0 Å². The van der Waals surface area contributed by atoms with Crippen LogP contribution in [-0.2, 0) is 14.3 Å². The molecule has 0 bridgehead atoms. The predicted octanol–water partition coefficient (Wildman–Crippen LogP) is 3.40. The molecule has 2 heterocycles. The number of hydrogen-bond donors (Lipinski definition) is 1. The SMILES string of the molecule is COc1ccc(/C(O)=C2\C(=O)C(=O)N(CCCN3CCOCC3)[C@H]2c2cccc([N+](=O)[O-])c2)cc1Cl. The molecular formula is C25H26ClN3O7. The van der Waals surface area contributed by atoms with Crippen LogP contribution in [0.25, 0.3) is 5.76 Å². The number of aliphatic hydroxyl groups excluding tert-OH is 1. The third kappa shape index (κ3) is 5.20. The summed E-state index contributed by atoms with van der Waals surface area (Å²) in [7, 11) is 1.45. The van der Waals surface area contributed by atoms with Gasteiger partial charge in [-0.05, 0) is 30.2 Å². The van der Waals surface area contributed by atoms with Crippen molar-refractivity contribution in [3.63, 3.8) is 0 Å². The number of morpholine rings is 1. The number of ketones is 1. The minimum Gasteiger partial charge on any atom is -0.507 e. The lowest BCUT2D eigenvalue weighted by Crippen LogP contribution is -2.39. The fourth-order valence-corrected chi connectivity index (χ4v) is 4.78. The van der Waals surface area contributed by atoms with Gasteiger partial charge in [0.25, 0.3) is 17.4 Å². The zero-order valence-corrected chi connectivity index (χ0v) is 20.4. The molecule has 2 aromatic rings. The van der Waals surface area contributed by atoms with E-state index in [2.05, 4.69) is 4.90 Å². The number of nitro groups is 1. The minimum absolute atomic E-state index is 0.145. The average molecular weight is 516 g/mol. The van der Waals surface area contributed by atoms with Crippen LogP contribution in [0.5, 0.6) is 5.75 Å². The number of non-ortho nitro benzene ring substituents is 1. The maximum Gasteiger partial charge on any atom is 0.295 e. The van der Waals surface area contributed by atoms with Crippen LogP contribution in [0, 0.1) is 10.1 Å². The van der Waals surface area contributed by atoms with E-state index in [0.29, 0.717) is 37.5 Å². The van der Waals surface area contributed by atoms with Crippen molar-refractivity contribution in [1.29, 1.82) is 0 Å². The predicted molar refractivity (Wildman–Crippen MR) is 132 cm³/mol. The van der Waals surface area contributed by atoms with Crippen molar-refractivity contribution in [3.8, 4) is 5.75 Å². The Morgan fingerprint density at radius 1 is 1.19 bits per heavy atom. The number of benzene rings is 2. The van der Waals surface area contributed by atoms with Gasteiger partial charge in [-0.15, -0.1) is 0 Å². The number of carbonyl (C=O) groups excluding carboxylic acids is 2. The molecule has 0 spiro atoms. The van der Waals surface area contributed by atoms with Gasteiger partial charge in [-0.3, -0.25) is 24.6 Å². The van der Waals surface area contributed by atoms with Crippen molar-refractivity contribution in [2.45, 2.75) is 12.5 Å². The second-order valence-electron chi connectivity index (χ2n) is 8.50. The normalized spacial score (nSPS) is 20.1. The largest absolute Gasteiger partial charge is 0.507 e. The molecule has 0 radical (unpaired) electrons. The van der Waals surface area contributed by atoms with E-state index < -0.39 is 28.4 Å². The Labute approximate surface area is 212 Å². The number of nitro benzene ring substituents is 1. The molecule has 0 saturated carbocycles. The molecule has 0 aromatic heterocycles. The molecule has 1 amide bonds. The lowest BCUT2D eigenvalue weighted by atomic mass is 9.95. The van der Waals surface area contributed by atoms with Crippen LogP contribution in [0.1, 0.15) is 23.6 Å². The highest BCUT2D eigenvalue weighted by atomic mass is 35.5. The zero-order valence-electron chi connectivity index (χ0n) is 19.7. The Bertz CT molecular complexity index is 1210. The van der Waals surface area contributed by atoms with E-state index in [1.54, 1.807) is 6.07 Å².